The first-order valence-corrected chi connectivity index (χ1v) is 7.03. The maximum absolute atomic E-state index is 5.10. The number of hydrogen-bond donors (Lipinski definition) is 0. The molecule has 0 aliphatic heterocycles. The van der Waals surface area contributed by atoms with Gasteiger partial charge in [0.1, 0.15) is 0 Å². The molecule has 0 fully saturated rings. The maximum atomic E-state index is 5.10. The molecule has 0 aliphatic rings. The Kier molecular flexibility index (Phi) is 5.99. The third-order valence-electron chi connectivity index (χ3n) is 1.67. The van der Waals surface area contributed by atoms with Gasteiger partial charge in [-0.3, -0.25) is 0 Å². The van der Waals surface area contributed by atoms with E-state index in [1.165, 1.54) is 3.61 Å². The van der Waals surface area contributed by atoms with Gasteiger partial charge < -0.3 is 0 Å². The molecule has 1 rings (SSSR count). The third kappa shape index (κ3) is 4.92. The van der Waals surface area contributed by atoms with Gasteiger partial charge in [0, 0.05) is 0 Å². The molecule has 0 spiro atoms. The number of allylic oxidation sites excluding steroid dienone is 2. The van der Waals surface area contributed by atoms with E-state index in [4.69, 9.17) is 9.47 Å². The van der Waals surface area contributed by atoms with E-state index in [0.29, 0.717) is 0 Å². The zero-order chi connectivity index (χ0) is 10.9. The second-order valence-electron chi connectivity index (χ2n) is 2.69. The average Bonchev–Trinajstić information content (AvgIpc) is 2.30. The fraction of sp³-hybridized carbons (Fsp3) is 0.167. The van der Waals surface area contributed by atoms with Gasteiger partial charge in [-0.05, 0) is 0 Å². The Morgan fingerprint density at radius 3 is 2.40 bits per heavy atom. The molecule has 2 nitrogen and oxygen atoms in total. The Hall–Kier alpha value is -0.910. The van der Waals surface area contributed by atoms with Crippen LogP contribution in [0.4, 0.5) is 0 Å². The van der Waals surface area contributed by atoms with Crippen molar-refractivity contribution in [1.29, 1.82) is 0 Å². The second-order valence-corrected chi connectivity index (χ2v) is 5.48. The third-order valence-corrected chi connectivity index (χ3v) is 4.06. The molecule has 0 amide bonds. The molecule has 0 aromatic heterocycles. The first-order valence-electron chi connectivity index (χ1n) is 4.52. The SMILES string of the molecule is CO/C=C\C=C/[Te]c1ccc(OC)cc1. The summed E-state index contributed by atoms with van der Waals surface area (Å²) in [6.07, 6.45) is 5.59. The molecular formula is C12H14O2Te. The Labute approximate surface area is 101 Å². The summed E-state index contributed by atoms with van der Waals surface area (Å²) in [6.45, 7) is 0. The first kappa shape index (κ1) is 12.2. The molecule has 15 heavy (non-hydrogen) atoms. The average molecular weight is 318 g/mol. The van der Waals surface area contributed by atoms with Crippen LogP contribution in [0.1, 0.15) is 0 Å². The summed E-state index contributed by atoms with van der Waals surface area (Å²) in [5, 5.41) is 0. The van der Waals surface area contributed by atoms with Crippen LogP contribution in [0.3, 0.4) is 0 Å². The van der Waals surface area contributed by atoms with Crippen molar-refractivity contribution in [1.82, 2.24) is 0 Å². The van der Waals surface area contributed by atoms with E-state index in [-0.39, 0.29) is 20.9 Å². The molecule has 3 heteroatoms. The number of methoxy groups -OCH3 is 2. The van der Waals surface area contributed by atoms with Crippen molar-refractivity contribution in [3.05, 3.63) is 46.8 Å². The fourth-order valence-electron chi connectivity index (χ4n) is 0.941. The summed E-state index contributed by atoms with van der Waals surface area (Å²) in [5.74, 6) is 0.912. The van der Waals surface area contributed by atoms with Gasteiger partial charge in [0.15, 0.2) is 0 Å². The van der Waals surface area contributed by atoms with Gasteiger partial charge in [-0.25, -0.2) is 0 Å². The topological polar surface area (TPSA) is 18.5 Å². The number of benzene rings is 1. The molecule has 1 aromatic carbocycles. The van der Waals surface area contributed by atoms with Crippen molar-refractivity contribution in [2.45, 2.75) is 0 Å². The van der Waals surface area contributed by atoms with Crippen molar-refractivity contribution >= 4 is 24.5 Å². The molecule has 0 saturated heterocycles. The Bertz CT molecular complexity index is 328. The molecule has 0 radical (unpaired) electrons. The van der Waals surface area contributed by atoms with Gasteiger partial charge in [-0.1, -0.05) is 0 Å². The number of rotatable bonds is 5. The fourth-order valence-corrected chi connectivity index (χ4v) is 2.71. The number of ether oxygens (including phenoxy) is 2. The van der Waals surface area contributed by atoms with E-state index in [1.54, 1.807) is 20.5 Å². The van der Waals surface area contributed by atoms with Gasteiger partial charge in [-0.15, -0.1) is 0 Å². The minimum atomic E-state index is -0.228. The van der Waals surface area contributed by atoms with Crippen LogP contribution in [0.5, 0.6) is 5.75 Å². The van der Waals surface area contributed by atoms with Crippen LogP contribution in [0, 0.1) is 0 Å². The van der Waals surface area contributed by atoms with Gasteiger partial charge in [0.05, 0.1) is 0 Å². The quantitative estimate of drug-likeness (QED) is 0.467. The molecule has 0 heterocycles. The molecule has 80 valence electrons. The molecule has 0 unspecified atom stereocenters. The van der Waals surface area contributed by atoms with Crippen molar-refractivity contribution in [3.8, 4) is 5.75 Å². The summed E-state index contributed by atoms with van der Waals surface area (Å²) in [4.78, 5) is 0. The number of hydrogen-bond acceptors (Lipinski definition) is 2. The van der Waals surface area contributed by atoms with Crippen LogP contribution in [0.2, 0.25) is 0 Å². The van der Waals surface area contributed by atoms with Crippen LogP contribution in [0.25, 0.3) is 0 Å². The second kappa shape index (κ2) is 7.39. The Balaban J connectivity index is 2.44. The van der Waals surface area contributed by atoms with E-state index in [9.17, 15) is 0 Å². The molecule has 1 aromatic rings. The van der Waals surface area contributed by atoms with Crippen molar-refractivity contribution in [3.63, 3.8) is 0 Å². The van der Waals surface area contributed by atoms with Gasteiger partial charge in [-0.2, -0.15) is 0 Å². The van der Waals surface area contributed by atoms with Crippen molar-refractivity contribution in [2.75, 3.05) is 14.2 Å². The van der Waals surface area contributed by atoms with Crippen LogP contribution < -0.4 is 8.35 Å². The summed E-state index contributed by atoms with van der Waals surface area (Å²) in [7, 11) is 3.33. The van der Waals surface area contributed by atoms with E-state index >= 15 is 0 Å². The Morgan fingerprint density at radius 2 is 1.80 bits per heavy atom. The molecule has 0 bridgehead atoms. The molecule has 0 saturated carbocycles. The minimum absolute atomic E-state index is 0.228. The van der Waals surface area contributed by atoms with Crippen LogP contribution in [-0.2, 0) is 4.74 Å². The summed E-state index contributed by atoms with van der Waals surface area (Å²) in [6, 6.07) is 8.23. The first-order chi connectivity index (χ1) is 7.36. The van der Waals surface area contributed by atoms with Gasteiger partial charge >= 0.3 is 101 Å². The van der Waals surface area contributed by atoms with E-state index < -0.39 is 0 Å². The molecule has 0 N–H and O–H groups in total. The Morgan fingerprint density at radius 1 is 1.07 bits per heavy atom. The van der Waals surface area contributed by atoms with Crippen LogP contribution in [0.15, 0.2) is 46.8 Å². The van der Waals surface area contributed by atoms with Crippen LogP contribution in [-0.4, -0.2) is 35.1 Å². The predicted octanol–water partition coefficient (Wildman–Crippen LogP) is 1.70. The van der Waals surface area contributed by atoms with E-state index in [2.05, 4.69) is 16.3 Å². The zero-order valence-corrected chi connectivity index (χ0v) is 11.2. The van der Waals surface area contributed by atoms with Gasteiger partial charge in [0.25, 0.3) is 0 Å². The monoisotopic (exact) mass is 320 g/mol. The van der Waals surface area contributed by atoms with Crippen molar-refractivity contribution in [2.24, 2.45) is 0 Å². The van der Waals surface area contributed by atoms with E-state index in [0.717, 1.165) is 5.75 Å². The summed E-state index contributed by atoms with van der Waals surface area (Å²) < 4.78 is 13.5. The molecule has 0 atom stereocenters. The summed E-state index contributed by atoms with van der Waals surface area (Å²) >= 11 is -0.228. The molecular weight excluding hydrogens is 304 g/mol. The van der Waals surface area contributed by atoms with E-state index in [1.807, 2.05) is 24.3 Å². The van der Waals surface area contributed by atoms with Gasteiger partial charge in [0.2, 0.25) is 0 Å². The predicted molar refractivity (Wildman–Crippen MR) is 63.7 cm³/mol. The van der Waals surface area contributed by atoms with Crippen molar-refractivity contribution < 1.29 is 9.47 Å². The zero-order valence-electron chi connectivity index (χ0n) is 8.84. The normalized spacial score (nSPS) is 11.1. The van der Waals surface area contributed by atoms with Crippen LogP contribution >= 0.6 is 0 Å². The summed E-state index contributed by atoms with van der Waals surface area (Å²) in [5.41, 5.74) is 0. The molecule has 0 aliphatic carbocycles. The standard InChI is InChI=1S/C12H14O2Te/c1-13-9-3-4-10-15-12-7-5-11(14-2)6-8-12/h3-10H,1-2H3/b9-3-,10-4-.